The Hall–Kier alpha value is -1.09. The molecule has 1 N–H and O–H groups in total. The lowest BCUT2D eigenvalue weighted by Crippen LogP contribution is -2.40. The van der Waals surface area contributed by atoms with E-state index in [9.17, 15) is 0 Å². The second kappa shape index (κ2) is 6.01. The van der Waals surface area contributed by atoms with Crippen LogP contribution < -0.4 is 4.90 Å². The minimum Gasteiger partial charge on any atom is -0.390 e. The molecular weight excluding hydrogens is 212 g/mol. The van der Waals surface area contributed by atoms with Gasteiger partial charge < -0.3 is 10.0 Å². The molecule has 0 spiro atoms. The Morgan fingerprint density at radius 3 is 3.06 bits per heavy atom. The fourth-order valence-electron chi connectivity index (χ4n) is 2.65. The van der Waals surface area contributed by atoms with Gasteiger partial charge in [-0.05, 0) is 37.8 Å². The van der Waals surface area contributed by atoms with E-state index in [2.05, 4.69) is 22.9 Å². The lowest BCUT2D eigenvalue weighted by atomic mass is 9.98. The van der Waals surface area contributed by atoms with E-state index in [4.69, 9.17) is 5.11 Å². The van der Waals surface area contributed by atoms with E-state index in [0.29, 0.717) is 6.04 Å². The molecule has 3 nitrogen and oxygen atoms in total. The maximum Gasteiger partial charge on any atom is 0.129 e. The minimum absolute atomic E-state index is 0.0279. The summed E-state index contributed by atoms with van der Waals surface area (Å²) in [5.41, 5.74) is 0.767. The highest BCUT2D eigenvalue weighted by Gasteiger charge is 2.22. The zero-order valence-electron chi connectivity index (χ0n) is 10.6. The highest BCUT2D eigenvalue weighted by atomic mass is 16.3. The number of pyridine rings is 1. The van der Waals surface area contributed by atoms with Crippen LogP contribution >= 0.6 is 0 Å². The highest BCUT2D eigenvalue weighted by molar-refractivity contribution is 5.41. The van der Waals surface area contributed by atoms with Crippen LogP contribution in [0.15, 0.2) is 18.2 Å². The van der Waals surface area contributed by atoms with Crippen LogP contribution in [0.2, 0.25) is 0 Å². The average molecular weight is 234 g/mol. The summed E-state index contributed by atoms with van der Waals surface area (Å²) in [6.07, 6.45) is 6.33. The third-order valence-corrected chi connectivity index (χ3v) is 3.50. The molecule has 0 bridgehead atoms. The standard InChI is InChI=1S/C14H22N2O/c1-2-6-13-8-3-4-10-16(13)14-9-5-7-12(11-17)15-14/h5,7,9,13,17H,2-4,6,8,10-11H2,1H3. The first kappa shape index (κ1) is 12.4. The molecule has 1 aliphatic rings. The lowest BCUT2D eigenvalue weighted by molar-refractivity contribution is 0.276. The molecule has 0 saturated carbocycles. The quantitative estimate of drug-likeness (QED) is 0.870. The molecule has 0 amide bonds. The van der Waals surface area contributed by atoms with Gasteiger partial charge in [-0.1, -0.05) is 19.4 Å². The molecule has 1 aliphatic heterocycles. The average Bonchev–Trinajstić information content (AvgIpc) is 2.40. The van der Waals surface area contributed by atoms with Gasteiger partial charge in [0, 0.05) is 12.6 Å². The Morgan fingerprint density at radius 2 is 2.29 bits per heavy atom. The van der Waals surface area contributed by atoms with Crippen molar-refractivity contribution in [3.05, 3.63) is 23.9 Å². The van der Waals surface area contributed by atoms with E-state index in [1.54, 1.807) is 0 Å². The van der Waals surface area contributed by atoms with E-state index >= 15 is 0 Å². The summed E-state index contributed by atoms with van der Waals surface area (Å²) in [7, 11) is 0. The maximum atomic E-state index is 9.15. The van der Waals surface area contributed by atoms with Crippen LogP contribution in [0.25, 0.3) is 0 Å². The molecule has 0 aromatic carbocycles. The van der Waals surface area contributed by atoms with Crippen LogP contribution in [0.1, 0.15) is 44.7 Å². The van der Waals surface area contributed by atoms with Crippen molar-refractivity contribution in [1.29, 1.82) is 0 Å². The largest absolute Gasteiger partial charge is 0.390 e. The minimum atomic E-state index is 0.0279. The van der Waals surface area contributed by atoms with Gasteiger partial charge in [0.2, 0.25) is 0 Å². The Bertz CT molecular complexity index is 352. The Balaban J connectivity index is 2.16. The Labute approximate surface area is 103 Å². The van der Waals surface area contributed by atoms with Crippen molar-refractivity contribution in [3.63, 3.8) is 0 Å². The molecule has 1 aromatic heterocycles. The number of aliphatic hydroxyl groups is 1. The number of rotatable bonds is 4. The molecular formula is C14H22N2O. The number of piperidine rings is 1. The highest BCUT2D eigenvalue weighted by Crippen LogP contribution is 2.25. The first-order valence-electron chi connectivity index (χ1n) is 6.68. The Kier molecular flexibility index (Phi) is 4.37. The van der Waals surface area contributed by atoms with Gasteiger partial charge in [-0.25, -0.2) is 4.98 Å². The second-order valence-electron chi connectivity index (χ2n) is 4.78. The number of aromatic nitrogens is 1. The number of aliphatic hydroxyl groups excluding tert-OH is 1. The van der Waals surface area contributed by atoms with Crippen molar-refractivity contribution in [1.82, 2.24) is 4.98 Å². The molecule has 1 atom stereocenters. The van der Waals surface area contributed by atoms with Crippen molar-refractivity contribution >= 4 is 5.82 Å². The summed E-state index contributed by atoms with van der Waals surface area (Å²) < 4.78 is 0. The molecule has 94 valence electrons. The van der Waals surface area contributed by atoms with Gasteiger partial charge in [-0.2, -0.15) is 0 Å². The summed E-state index contributed by atoms with van der Waals surface area (Å²) >= 11 is 0. The van der Waals surface area contributed by atoms with Crippen LogP contribution in [-0.4, -0.2) is 22.7 Å². The predicted octanol–water partition coefficient (Wildman–Crippen LogP) is 2.73. The van der Waals surface area contributed by atoms with E-state index < -0.39 is 0 Å². The molecule has 1 aromatic rings. The van der Waals surface area contributed by atoms with Gasteiger partial charge in [0.15, 0.2) is 0 Å². The molecule has 2 rings (SSSR count). The molecule has 0 radical (unpaired) electrons. The summed E-state index contributed by atoms with van der Waals surface area (Å²) in [6, 6.07) is 6.57. The van der Waals surface area contributed by atoms with Gasteiger partial charge in [0.05, 0.1) is 12.3 Å². The van der Waals surface area contributed by atoms with Crippen LogP contribution in [0.3, 0.4) is 0 Å². The SMILES string of the molecule is CCCC1CCCCN1c1cccc(CO)n1. The van der Waals surface area contributed by atoms with E-state index in [-0.39, 0.29) is 6.61 Å². The van der Waals surface area contributed by atoms with E-state index in [0.717, 1.165) is 18.1 Å². The number of nitrogens with zero attached hydrogens (tertiary/aromatic N) is 2. The zero-order valence-corrected chi connectivity index (χ0v) is 10.6. The van der Waals surface area contributed by atoms with Crippen LogP contribution in [0.4, 0.5) is 5.82 Å². The van der Waals surface area contributed by atoms with Crippen LogP contribution in [0, 0.1) is 0 Å². The summed E-state index contributed by atoms with van der Waals surface area (Å²) in [6.45, 7) is 3.37. The van der Waals surface area contributed by atoms with Crippen LogP contribution in [0.5, 0.6) is 0 Å². The Morgan fingerprint density at radius 1 is 1.41 bits per heavy atom. The summed E-state index contributed by atoms with van der Waals surface area (Å²) in [5, 5.41) is 9.15. The third kappa shape index (κ3) is 2.97. The van der Waals surface area contributed by atoms with Gasteiger partial charge in [0.25, 0.3) is 0 Å². The molecule has 3 heteroatoms. The van der Waals surface area contributed by atoms with E-state index in [1.807, 2.05) is 12.1 Å². The number of hydrogen-bond donors (Lipinski definition) is 1. The molecule has 1 unspecified atom stereocenters. The van der Waals surface area contributed by atoms with E-state index in [1.165, 1.54) is 32.1 Å². The van der Waals surface area contributed by atoms with Crippen molar-refractivity contribution < 1.29 is 5.11 Å². The van der Waals surface area contributed by atoms with Gasteiger partial charge in [-0.3, -0.25) is 0 Å². The first-order valence-corrected chi connectivity index (χ1v) is 6.68. The number of hydrogen-bond acceptors (Lipinski definition) is 3. The second-order valence-corrected chi connectivity index (χ2v) is 4.78. The molecule has 1 saturated heterocycles. The van der Waals surface area contributed by atoms with Crippen molar-refractivity contribution in [3.8, 4) is 0 Å². The van der Waals surface area contributed by atoms with Gasteiger partial charge in [-0.15, -0.1) is 0 Å². The normalized spacial score (nSPS) is 20.6. The lowest BCUT2D eigenvalue weighted by Gasteiger charge is -2.36. The fraction of sp³-hybridized carbons (Fsp3) is 0.643. The predicted molar refractivity (Wildman–Crippen MR) is 70.1 cm³/mol. The summed E-state index contributed by atoms with van der Waals surface area (Å²) in [4.78, 5) is 6.95. The van der Waals surface area contributed by atoms with Gasteiger partial charge >= 0.3 is 0 Å². The molecule has 0 aliphatic carbocycles. The third-order valence-electron chi connectivity index (χ3n) is 3.50. The zero-order chi connectivity index (χ0) is 12.1. The van der Waals surface area contributed by atoms with Crippen molar-refractivity contribution in [2.75, 3.05) is 11.4 Å². The fourth-order valence-corrected chi connectivity index (χ4v) is 2.65. The maximum absolute atomic E-state index is 9.15. The molecule has 17 heavy (non-hydrogen) atoms. The van der Waals surface area contributed by atoms with Gasteiger partial charge in [0.1, 0.15) is 5.82 Å². The topological polar surface area (TPSA) is 36.4 Å². The molecule has 2 heterocycles. The molecule has 1 fully saturated rings. The first-order chi connectivity index (χ1) is 8.35. The van der Waals surface area contributed by atoms with Crippen LogP contribution in [-0.2, 0) is 6.61 Å². The summed E-state index contributed by atoms with van der Waals surface area (Å²) in [5.74, 6) is 1.04. The van der Waals surface area contributed by atoms with Crippen molar-refractivity contribution in [2.24, 2.45) is 0 Å². The monoisotopic (exact) mass is 234 g/mol. The number of anilines is 1. The van der Waals surface area contributed by atoms with Crippen molar-refractivity contribution in [2.45, 2.75) is 51.7 Å². The smallest absolute Gasteiger partial charge is 0.129 e.